The SMILES string of the molecule is CNC(=O)COC(=O)N1CCC(Cc2cccc(C3CCCC3)n2)CC1. The number of carbonyl (C=O) groups excluding carboxylic acids is 2. The Hall–Kier alpha value is -2.11. The maximum atomic E-state index is 12.0. The smallest absolute Gasteiger partial charge is 0.410 e. The van der Waals surface area contributed by atoms with E-state index in [4.69, 9.17) is 9.72 Å². The van der Waals surface area contributed by atoms with Crippen molar-refractivity contribution in [1.29, 1.82) is 0 Å². The van der Waals surface area contributed by atoms with Crippen molar-refractivity contribution in [1.82, 2.24) is 15.2 Å². The minimum Gasteiger partial charge on any atom is -0.439 e. The van der Waals surface area contributed by atoms with E-state index in [-0.39, 0.29) is 12.5 Å². The van der Waals surface area contributed by atoms with Gasteiger partial charge in [0, 0.05) is 37.4 Å². The van der Waals surface area contributed by atoms with Crippen molar-refractivity contribution in [2.45, 2.75) is 50.9 Å². The van der Waals surface area contributed by atoms with Crippen LogP contribution in [0, 0.1) is 5.92 Å². The molecule has 1 saturated heterocycles. The number of aromatic nitrogens is 1. The van der Waals surface area contributed by atoms with Crippen molar-refractivity contribution in [2.24, 2.45) is 5.92 Å². The molecule has 142 valence electrons. The molecule has 0 unspecified atom stereocenters. The number of hydrogen-bond donors (Lipinski definition) is 1. The minimum absolute atomic E-state index is 0.215. The lowest BCUT2D eigenvalue weighted by molar-refractivity contribution is -0.123. The number of hydrogen-bond acceptors (Lipinski definition) is 4. The molecule has 1 aliphatic heterocycles. The molecule has 26 heavy (non-hydrogen) atoms. The lowest BCUT2D eigenvalue weighted by Gasteiger charge is -2.31. The average molecular weight is 359 g/mol. The summed E-state index contributed by atoms with van der Waals surface area (Å²) >= 11 is 0. The first-order valence-corrected chi connectivity index (χ1v) is 9.74. The van der Waals surface area contributed by atoms with Crippen molar-refractivity contribution < 1.29 is 14.3 Å². The third-order valence-corrected chi connectivity index (χ3v) is 5.58. The zero-order valence-electron chi connectivity index (χ0n) is 15.6. The van der Waals surface area contributed by atoms with E-state index in [9.17, 15) is 9.59 Å². The van der Waals surface area contributed by atoms with Crippen molar-refractivity contribution in [3.8, 4) is 0 Å². The molecular weight excluding hydrogens is 330 g/mol. The van der Waals surface area contributed by atoms with Gasteiger partial charge in [-0.15, -0.1) is 0 Å². The van der Waals surface area contributed by atoms with E-state index in [0.29, 0.717) is 24.9 Å². The standard InChI is InChI=1S/C20H29N3O3/c1-21-19(24)14-26-20(25)23-11-9-15(10-12-23)13-17-7-4-8-18(22-17)16-5-2-3-6-16/h4,7-8,15-16H,2-3,5-6,9-14H2,1H3,(H,21,24). The van der Waals surface area contributed by atoms with E-state index in [2.05, 4.69) is 23.5 Å². The third kappa shape index (κ3) is 4.96. The molecule has 0 aromatic carbocycles. The van der Waals surface area contributed by atoms with E-state index >= 15 is 0 Å². The first-order chi connectivity index (χ1) is 12.7. The fourth-order valence-electron chi connectivity index (χ4n) is 3.97. The van der Waals surface area contributed by atoms with Crippen LogP contribution in [0.4, 0.5) is 4.79 Å². The number of likely N-dealkylation sites (N-methyl/N-ethyl adjacent to an activating group) is 1. The number of pyridine rings is 1. The van der Waals surface area contributed by atoms with Gasteiger partial charge in [0.25, 0.3) is 5.91 Å². The van der Waals surface area contributed by atoms with E-state index in [1.165, 1.54) is 44.1 Å². The van der Waals surface area contributed by atoms with Gasteiger partial charge in [0.15, 0.2) is 6.61 Å². The molecule has 1 aliphatic carbocycles. The highest BCUT2D eigenvalue weighted by Crippen LogP contribution is 2.33. The predicted octanol–water partition coefficient (Wildman–Crippen LogP) is 2.88. The van der Waals surface area contributed by atoms with Crippen LogP contribution in [-0.2, 0) is 16.0 Å². The van der Waals surface area contributed by atoms with Crippen LogP contribution in [0.5, 0.6) is 0 Å². The van der Waals surface area contributed by atoms with E-state index < -0.39 is 6.09 Å². The zero-order chi connectivity index (χ0) is 18.4. The van der Waals surface area contributed by atoms with Crippen LogP contribution in [0.25, 0.3) is 0 Å². The van der Waals surface area contributed by atoms with Crippen LogP contribution in [0.15, 0.2) is 18.2 Å². The van der Waals surface area contributed by atoms with Gasteiger partial charge in [-0.05, 0) is 50.2 Å². The normalized spacial score (nSPS) is 18.7. The predicted molar refractivity (Wildman–Crippen MR) is 98.9 cm³/mol. The third-order valence-electron chi connectivity index (χ3n) is 5.58. The molecule has 6 nitrogen and oxygen atoms in total. The van der Waals surface area contributed by atoms with Gasteiger partial charge in [0.1, 0.15) is 0 Å². The second kappa shape index (κ2) is 9.01. The number of amides is 2. The molecule has 1 aromatic heterocycles. The summed E-state index contributed by atoms with van der Waals surface area (Å²) in [5.74, 6) is 0.901. The number of likely N-dealkylation sites (tertiary alicyclic amines) is 1. The Balaban J connectivity index is 1.46. The molecule has 1 saturated carbocycles. The summed E-state index contributed by atoms with van der Waals surface area (Å²) in [7, 11) is 1.53. The monoisotopic (exact) mass is 359 g/mol. The Morgan fingerprint density at radius 3 is 2.62 bits per heavy atom. The molecule has 2 aliphatic rings. The van der Waals surface area contributed by atoms with Gasteiger partial charge in [-0.1, -0.05) is 18.9 Å². The number of nitrogens with one attached hydrogen (secondary N) is 1. The van der Waals surface area contributed by atoms with Crippen molar-refractivity contribution >= 4 is 12.0 Å². The van der Waals surface area contributed by atoms with Crippen LogP contribution in [0.2, 0.25) is 0 Å². The molecule has 2 amide bonds. The molecular formula is C20H29N3O3. The molecule has 2 heterocycles. The summed E-state index contributed by atoms with van der Waals surface area (Å²) in [5.41, 5.74) is 2.44. The second-order valence-electron chi connectivity index (χ2n) is 7.40. The highest BCUT2D eigenvalue weighted by molar-refractivity contribution is 5.79. The summed E-state index contributed by atoms with van der Waals surface area (Å²) in [6.45, 7) is 1.15. The maximum absolute atomic E-state index is 12.0. The molecule has 6 heteroatoms. The van der Waals surface area contributed by atoms with E-state index in [1.54, 1.807) is 4.90 Å². The molecule has 0 atom stereocenters. The van der Waals surface area contributed by atoms with Crippen LogP contribution in [0.3, 0.4) is 0 Å². The van der Waals surface area contributed by atoms with Crippen LogP contribution < -0.4 is 5.32 Å². The van der Waals surface area contributed by atoms with Crippen LogP contribution in [0.1, 0.15) is 55.8 Å². The van der Waals surface area contributed by atoms with E-state index in [0.717, 1.165) is 19.3 Å². The molecule has 1 aromatic rings. The van der Waals surface area contributed by atoms with Crippen molar-refractivity contribution in [3.63, 3.8) is 0 Å². The molecule has 3 rings (SSSR count). The van der Waals surface area contributed by atoms with Gasteiger partial charge in [0.2, 0.25) is 0 Å². The summed E-state index contributed by atoms with van der Waals surface area (Å²) in [4.78, 5) is 29.8. The Morgan fingerprint density at radius 2 is 1.92 bits per heavy atom. The zero-order valence-corrected chi connectivity index (χ0v) is 15.6. The Morgan fingerprint density at radius 1 is 1.19 bits per heavy atom. The number of ether oxygens (including phenoxy) is 1. The number of piperidine rings is 1. The quantitative estimate of drug-likeness (QED) is 0.877. The number of rotatable bonds is 5. The second-order valence-corrected chi connectivity index (χ2v) is 7.40. The molecule has 0 bridgehead atoms. The van der Waals surface area contributed by atoms with Crippen molar-refractivity contribution in [2.75, 3.05) is 26.7 Å². The maximum Gasteiger partial charge on any atom is 0.410 e. The van der Waals surface area contributed by atoms with Crippen LogP contribution >= 0.6 is 0 Å². The molecule has 0 radical (unpaired) electrons. The lowest BCUT2D eigenvalue weighted by atomic mass is 9.92. The highest BCUT2D eigenvalue weighted by atomic mass is 16.6. The largest absolute Gasteiger partial charge is 0.439 e. The summed E-state index contributed by atoms with van der Waals surface area (Å²) in [5, 5.41) is 2.44. The first-order valence-electron chi connectivity index (χ1n) is 9.74. The first kappa shape index (κ1) is 18.7. The Labute approximate surface area is 155 Å². The van der Waals surface area contributed by atoms with Crippen molar-refractivity contribution in [3.05, 3.63) is 29.6 Å². The molecule has 0 spiro atoms. The van der Waals surface area contributed by atoms with Gasteiger partial charge >= 0.3 is 6.09 Å². The van der Waals surface area contributed by atoms with Gasteiger partial charge in [-0.25, -0.2) is 4.79 Å². The topological polar surface area (TPSA) is 71.5 Å². The van der Waals surface area contributed by atoms with E-state index in [1.807, 2.05) is 0 Å². The minimum atomic E-state index is -0.395. The summed E-state index contributed by atoms with van der Waals surface area (Å²) < 4.78 is 5.02. The number of nitrogens with zero attached hydrogens (tertiary/aromatic N) is 2. The molecule has 2 fully saturated rings. The fourth-order valence-corrected chi connectivity index (χ4v) is 3.97. The number of carbonyl (C=O) groups is 2. The van der Waals surface area contributed by atoms with Gasteiger partial charge in [-0.3, -0.25) is 9.78 Å². The summed E-state index contributed by atoms with van der Waals surface area (Å²) in [6.07, 6.45) is 7.67. The Kier molecular flexibility index (Phi) is 6.47. The Bertz CT molecular complexity index is 620. The summed E-state index contributed by atoms with van der Waals surface area (Å²) in [6, 6.07) is 6.44. The highest BCUT2D eigenvalue weighted by Gasteiger charge is 2.25. The average Bonchev–Trinajstić information content (AvgIpc) is 3.21. The van der Waals surface area contributed by atoms with Gasteiger partial charge < -0.3 is 15.0 Å². The molecule has 1 N–H and O–H groups in total. The fraction of sp³-hybridized carbons (Fsp3) is 0.650. The van der Waals surface area contributed by atoms with Gasteiger partial charge in [0.05, 0.1) is 0 Å². The van der Waals surface area contributed by atoms with Crippen LogP contribution in [-0.4, -0.2) is 48.6 Å². The van der Waals surface area contributed by atoms with Gasteiger partial charge in [-0.2, -0.15) is 0 Å². The lowest BCUT2D eigenvalue weighted by Crippen LogP contribution is -2.40.